The summed E-state index contributed by atoms with van der Waals surface area (Å²) in [6.07, 6.45) is 11.0. The van der Waals surface area contributed by atoms with E-state index in [1.165, 1.54) is 29.7 Å². The Balaban J connectivity index is 1.68. The Morgan fingerprint density at radius 1 is 1.21 bits per heavy atom. The number of carbonyl (C=O) groups excluding carboxylic acids is 1. The molecule has 0 radical (unpaired) electrons. The van der Waals surface area contributed by atoms with E-state index in [9.17, 15) is 4.79 Å². The van der Waals surface area contributed by atoms with Crippen molar-refractivity contribution in [3.8, 4) is 0 Å². The number of amides is 1. The molecular weight excluding hydrogens is 428 g/mol. The topological polar surface area (TPSA) is 59.3 Å². The van der Waals surface area contributed by atoms with Crippen LogP contribution in [-0.4, -0.2) is 27.9 Å². The third-order valence-corrected chi connectivity index (χ3v) is 8.85. The molecule has 1 N–H and O–H groups in total. The van der Waals surface area contributed by atoms with Gasteiger partial charge in [0.05, 0.1) is 11.3 Å². The van der Waals surface area contributed by atoms with Gasteiger partial charge in [-0.05, 0) is 69.8 Å². The lowest BCUT2D eigenvalue weighted by Crippen LogP contribution is -2.36. The summed E-state index contributed by atoms with van der Waals surface area (Å²) in [6, 6.07) is 0.303. The minimum absolute atomic E-state index is 0.0819. The Hall–Kier alpha value is -1.95. The van der Waals surface area contributed by atoms with E-state index >= 15 is 0 Å². The van der Waals surface area contributed by atoms with Gasteiger partial charge in [0.1, 0.15) is 5.00 Å². The van der Waals surface area contributed by atoms with E-state index in [1.54, 1.807) is 11.3 Å². The minimum Gasteiger partial charge on any atom is -0.349 e. The maximum Gasteiger partial charge on any atom is 0.254 e. The molecule has 1 fully saturated rings. The second kappa shape index (κ2) is 9.73. The van der Waals surface area contributed by atoms with Crippen molar-refractivity contribution in [2.24, 2.45) is 16.3 Å². The number of aryl methyl sites for hydroxylation is 2. The van der Waals surface area contributed by atoms with Crippen molar-refractivity contribution in [2.45, 2.75) is 105 Å². The highest BCUT2D eigenvalue weighted by Crippen LogP contribution is 2.45. The van der Waals surface area contributed by atoms with Gasteiger partial charge < -0.3 is 5.32 Å². The summed E-state index contributed by atoms with van der Waals surface area (Å²) in [4.78, 5) is 19.8. The zero-order valence-electron chi connectivity index (χ0n) is 21.3. The van der Waals surface area contributed by atoms with Crippen LogP contribution in [-0.2, 0) is 19.4 Å². The first-order valence-electron chi connectivity index (χ1n) is 12.7. The number of fused-ring (bicyclic) bond motifs is 1. The van der Waals surface area contributed by atoms with Crippen molar-refractivity contribution in [1.82, 2.24) is 15.1 Å². The molecule has 0 saturated heterocycles. The lowest BCUT2D eigenvalue weighted by molar-refractivity contribution is 0.0927. The molecule has 0 bridgehead atoms. The van der Waals surface area contributed by atoms with Crippen LogP contribution < -0.4 is 5.32 Å². The molecule has 2 heterocycles. The molecule has 1 atom stereocenters. The predicted octanol–water partition coefficient (Wildman–Crippen LogP) is 6.55. The Kier molecular flexibility index (Phi) is 7.13. The van der Waals surface area contributed by atoms with Crippen LogP contribution in [0.3, 0.4) is 0 Å². The summed E-state index contributed by atoms with van der Waals surface area (Å²) < 4.78 is 2.01. The average molecular weight is 469 g/mol. The van der Waals surface area contributed by atoms with E-state index in [0.717, 1.165) is 66.2 Å². The van der Waals surface area contributed by atoms with Gasteiger partial charge >= 0.3 is 0 Å². The fourth-order valence-corrected chi connectivity index (χ4v) is 6.74. The number of hydrogen-bond acceptors (Lipinski definition) is 4. The van der Waals surface area contributed by atoms with E-state index in [4.69, 9.17) is 4.99 Å². The fourth-order valence-electron chi connectivity index (χ4n) is 5.47. The van der Waals surface area contributed by atoms with E-state index < -0.39 is 0 Å². The monoisotopic (exact) mass is 468 g/mol. The number of rotatable bonds is 5. The molecule has 5 nitrogen and oxygen atoms in total. The molecule has 33 heavy (non-hydrogen) atoms. The lowest BCUT2D eigenvalue weighted by Gasteiger charge is -2.34. The standard InChI is InChI=1S/C27H40N4OS/c1-7-31-18(3)22(17(2)30-31)16-28-26-24(25(32)29-20-11-9-8-10-12-20)21-14-13-19(27(4,5)6)15-23(21)33-26/h16,19-20H,7-15H2,1-6H3,(H,29,32)/b28-16+. The Bertz CT molecular complexity index is 1030. The van der Waals surface area contributed by atoms with E-state index in [-0.39, 0.29) is 11.3 Å². The van der Waals surface area contributed by atoms with Gasteiger partial charge in [0.15, 0.2) is 0 Å². The number of hydrogen-bond donors (Lipinski definition) is 1. The highest BCUT2D eigenvalue weighted by atomic mass is 32.1. The third kappa shape index (κ3) is 5.11. The van der Waals surface area contributed by atoms with Gasteiger partial charge in [-0.1, -0.05) is 40.0 Å². The molecule has 0 aromatic carbocycles. The van der Waals surface area contributed by atoms with E-state index in [0.29, 0.717) is 12.0 Å². The van der Waals surface area contributed by atoms with Gasteiger partial charge in [0.25, 0.3) is 5.91 Å². The van der Waals surface area contributed by atoms with Crippen molar-refractivity contribution in [1.29, 1.82) is 0 Å². The molecule has 2 aromatic heterocycles. The highest BCUT2D eigenvalue weighted by Gasteiger charge is 2.34. The zero-order chi connectivity index (χ0) is 23.8. The Morgan fingerprint density at radius 3 is 2.58 bits per heavy atom. The molecular formula is C27H40N4OS. The van der Waals surface area contributed by atoms with Gasteiger partial charge in [-0.3, -0.25) is 9.48 Å². The third-order valence-electron chi connectivity index (χ3n) is 7.69. The highest BCUT2D eigenvalue weighted by molar-refractivity contribution is 7.16. The molecule has 2 aromatic rings. The quantitative estimate of drug-likeness (QED) is 0.506. The first-order chi connectivity index (χ1) is 15.7. The first kappa shape index (κ1) is 24.2. The summed E-state index contributed by atoms with van der Waals surface area (Å²) in [5, 5.41) is 8.86. The first-order valence-corrected chi connectivity index (χ1v) is 13.5. The second-order valence-electron chi connectivity index (χ2n) is 11.0. The Labute approximate surface area is 203 Å². The maximum atomic E-state index is 13.5. The zero-order valence-corrected chi connectivity index (χ0v) is 22.1. The van der Waals surface area contributed by atoms with Gasteiger partial charge in [0.2, 0.25) is 0 Å². The van der Waals surface area contributed by atoms with Crippen molar-refractivity contribution in [3.05, 3.63) is 33.0 Å². The summed E-state index contributed by atoms with van der Waals surface area (Å²) in [5.41, 5.74) is 5.54. The molecule has 6 heteroatoms. The maximum absolute atomic E-state index is 13.5. The second-order valence-corrected chi connectivity index (χ2v) is 12.0. The molecule has 1 unspecified atom stereocenters. The number of nitrogens with zero attached hydrogens (tertiary/aromatic N) is 3. The number of thiophene rings is 1. The van der Waals surface area contributed by atoms with Crippen LogP contribution in [0.25, 0.3) is 0 Å². The lowest BCUT2D eigenvalue weighted by atomic mass is 9.72. The SMILES string of the molecule is CCn1nc(C)c(/C=N/c2sc3c(c2C(=O)NC2CCCCC2)CCC(C(C)(C)C)C3)c1C. The summed E-state index contributed by atoms with van der Waals surface area (Å²) in [5.74, 6) is 0.723. The normalized spacial score (nSPS) is 19.8. The van der Waals surface area contributed by atoms with Crippen LogP contribution in [0.5, 0.6) is 0 Å². The van der Waals surface area contributed by atoms with Crippen molar-refractivity contribution in [3.63, 3.8) is 0 Å². The summed E-state index contributed by atoms with van der Waals surface area (Å²) >= 11 is 1.73. The molecule has 4 rings (SSSR count). The van der Waals surface area contributed by atoms with Gasteiger partial charge in [-0.15, -0.1) is 11.3 Å². The smallest absolute Gasteiger partial charge is 0.254 e. The van der Waals surface area contributed by atoms with Crippen LogP contribution in [0, 0.1) is 25.2 Å². The van der Waals surface area contributed by atoms with Crippen LogP contribution >= 0.6 is 11.3 Å². The van der Waals surface area contributed by atoms with Crippen LogP contribution in [0.15, 0.2) is 4.99 Å². The fraction of sp³-hybridized carbons (Fsp3) is 0.667. The number of carbonyl (C=O) groups is 1. The van der Waals surface area contributed by atoms with Gasteiger partial charge in [0, 0.05) is 34.9 Å². The van der Waals surface area contributed by atoms with Crippen molar-refractivity contribution < 1.29 is 4.79 Å². The molecule has 2 aliphatic carbocycles. The Morgan fingerprint density at radius 2 is 1.94 bits per heavy atom. The van der Waals surface area contributed by atoms with E-state index in [1.807, 2.05) is 17.8 Å². The van der Waals surface area contributed by atoms with E-state index in [2.05, 4.69) is 45.0 Å². The summed E-state index contributed by atoms with van der Waals surface area (Å²) in [7, 11) is 0. The number of nitrogens with one attached hydrogen (secondary N) is 1. The molecule has 1 saturated carbocycles. The van der Waals surface area contributed by atoms with Crippen LogP contribution in [0.2, 0.25) is 0 Å². The van der Waals surface area contributed by atoms with Crippen molar-refractivity contribution >= 4 is 28.5 Å². The average Bonchev–Trinajstić information content (AvgIpc) is 3.28. The van der Waals surface area contributed by atoms with Gasteiger partial charge in [-0.25, -0.2) is 4.99 Å². The minimum atomic E-state index is 0.0819. The van der Waals surface area contributed by atoms with Crippen LogP contribution in [0.4, 0.5) is 5.00 Å². The molecule has 0 spiro atoms. The molecule has 1 amide bonds. The van der Waals surface area contributed by atoms with Crippen LogP contribution in [0.1, 0.15) is 104 Å². The summed E-state index contributed by atoms with van der Waals surface area (Å²) in [6.45, 7) is 14.1. The molecule has 180 valence electrons. The van der Waals surface area contributed by atoms with Gasteiger partial charge in [-0.2, -0.15) is 5.10 Å². The predicted molar refractivity (Wildman–Crippen MR) is 138 cm³/mol. The molecule has 0 aliphatic heterocycles. The van der Waals surface area contributed by atoms with Crippen molar-refractivity contribution in [2.75, 3.05) is 0 Å². The largest absolute Gasteiger partial charge is 0.349 e. The number of aromatic nitrogens is 2. The number of aliphatic imine (C=N–C) groups is 1. The molecule has 2 aliphatic rings.